The maximum Gasteiger partial charge on any atom is 0.129 e. The number of likely N-dealkylation sites (N-methyl/N-ethyl adjacent to an activating group) is 2. The minimum atomic E-state index is 0.548. The second-order valence-electron chi connectivity index (χ2n) is 3.33. The summed E-state index contributed by atoms with van der Waals surface area (Å²) in [6.07, 6.45) is 1.82. The number of halogens is 1. The third-order valence-electron chi connectivity index (χ3n) is 1.98. The topological polar surface area (TPSA) is 28.2 Å². The van der Waals surface area contributed by atoms with Crippen molar-refractivity contribution in [3.63, 3.8) is 0 Å². The Hall–Kier alpha value is -0.640. The zero-order chi connectivity index (χ0) is 10.4. The first kappa shape index (κ1) is 11.4. The molecular weight excluding hydrogens is 198 g/mol. The maximum atomic E-state index is 5.70. The summed E-state index contributed by atoms with van der Waals surface area (Å²) in [5.41, 5.74) is 1.19. The summed E-state index contributed by atoms with van der Waals surface area (Å²) in [7, 11) is 4.05. The first-order chi connectivity index (χ1) is 6.72. The molecule has 1 heterocycles. The van der Waals surface area contributed by atoms with E-state index in [0.717, 1.165) is 19.6 Å². The molecule has 0 atom stereocenters. The van der Waals surface area contributed by atoms with Gasteiger partial charge in [0.2, 0.25) is 0 Å². The third-order valence-corrected chi connectivity index (χ3v) is 2.21. The number of pyridine rings is 1. The van der Waals surface area contributed by atoms with Gasteiger partial charge in [0, 0.05) is 25.8 Å². The SMILES string of the molecule is CNCCN(C)Cc1ccc(Cl)nc1. The second-order valence-corrected chi connectivity index (χ2v) is 3.72. The van der Waals surface area contributed by atoms with Gasteiger partial charge in [-0.15, -0.1) is 0 Å². The third kappa shape index (κ3) is 4.05. The van der Waals surface area contributed by atoms with Crippen molar-refractivity contribution in [1.82, 2.24) is 15.2 Å². The van der Waals surface area contributed by atoms with Gasteiger partial charge in [0.1, 0.15) is 5.15 Å². The highest BCUT2D eigenvalue weighted by molar-refractivity contribution is 6.29. The van der Waals surface area contributed by atoms with Crippen LogP contribution in [-0.4, -0.2) is 37.1 Å². The molecule has 0 amide bonds. The van der Waals surface area contributed by atoms with Gasteiger partial charge in [0.25, 0.3) is 0 Å². The molecule has 0 spiro atoms. The van der Waals surface area contributed by atoms with E-state index >= 15 is 0 Å². The van der Waals surface area contributed by atoms with E-state index < -0.39 is 0 Å². The zero-order valence-electron chi connectivity index (χ0n) is 8.63. The lowest BCUT2D eigenvalue weighted by atomic mass is 10.3. The van der Waals surface area contributed by atoms with Crippen molar-refractivity contribution in [2.75, 3.05) is 27.2 Å². The van der Waals surface area contributed by atoms with Crippen molar-refractivity contribution in [1.29, 1.82) is 0 Å². The molecule has 0 bridgehead atoms. The Morgan fingerprint density at radius 1 is 1.50 bits per heavy atom. The monoisotopic (exact) mass is 213 g/mol. The molecule has 0 unspecified atom stereocenters. The summed E-state index contributed by atoms with van der Waals surface area (Å²) in [6.45, 7) is 2.93. The largest absolute Gasteiger partial charge is 0.318 e. The summed E-state index contributed by atoms with van der Waals surface area (Å²) in [5, 5.41) is 3.66. The molecule has 3 nitrogen and oxygen atoms in total. The molecule has 0 aromatic carbocycles. The molecular formula is C10H16ClN3. The molecule has 1 aromatic heterocycles. The van der Waals surface area contributed by atoms with Crippen LogP contribution in [0.5, 0.6) is 0 Å². The molecule has 0 fully saturated rings. The molecule has 0 saturated carbocycles. The van der Waals surface area contributed by atoms with Gasteiger partial charge in [-0.3, -0.25) is 0 Å². The van der Waals surface area contributed by atoms with Gasteiger partial charge in [-0.25, -0.2) is 4.98 Å². The minimum Gasteiger partial charge on any atom is -0.318 e. The van der Waals surface area contributed by atoms with Gasteiger partial charge < -0.3 is 10.2 Å². The van der Waals surface area contributed by atoms with Gasteiger partial charge in [-0.05, 0) is 25.7 Å². The summed E-state index contributed by atoms with van der Waals surface area (Å²) < 4.78 is 0. The van der Waals surface area contributed by atoms with Crippen LogP contribution in [0.3, 0.4) is 0 Å². The molecule has 0 aliphatic rings. The fourth-order valence-corrected chi connectivity index (χ4v) is 1.31. The van der Waals surface area contributed by atoms with Crippen molar-refractivity contribution < 1.29 is 0 Å². The van der Waals surface area contributed by atoms with Gasteiger partial charge in [0.05, 0.1) is 0 Å². The molecule has 1 aromatic rings. The molecule has 14 heavy (non-hydrogen) atoms. The van der Waals surface area contributed by atoms with E-state index in [0.29, 0.717) is 5.15 Å². The number of rotatable bonds is 5. The van der Waals surface area contributed by atoms with Gasteiger partial charge >= 0.3 is 0 Å². The number of aromatic nitrogens is 1. The number of hydrogen-bond acceptors (Lipinski definition) is 3. The van der Waals surface area contributed by atoms with Gasteiger partial charge in [-0.2, -0.15) is 0 Å². The van der Waals surface area contributed by atoms with E-state index in [-0.39, 0.29) is 0 Å². The average molecular weight is 214 g/mol. The molecule has 4 heteroatoms. The highest BCUT2D eigenvalue weighted by Crippen LogP contribution is 2.06. The lowest BCUT2D eigenvalue weighted by Gasteiger charge is -2.15. The van der Waals surface area contributed by atoms with E-state index in [9.17, 15) is 0 Å². The molecule has 0 aliphatic carbocycles. The quantitative estimate of drug-likeness (QED) is 0.750. The van der Waals surface area contributed by atoms with E-state index in [1.54, 1.807) is 0 Å². The van der Waals surface area contributed by atoms with Crippen LogP contribution in [-0.2, 0) is 6.54 Å². The predicted molar refractivity (Wildman–Crippen MR) is 59.5 cm³/mol. The Balaban J connectivity index is 2.39. The predicted octanol–water partition coefficient (Wildman–Crippen LogP) is 1.39. The molecule has 1 N–H and O–H groups in total. The standard InChI is InChI=1S/C10H16ClN3/c1-12-5-6-14(2)8-9-3-4-10(11)13-7-9/h3-4,7,12H,5-6,8H2,1-2H3. The Morgan fingerprint density at radius 2 is 2.29 bits per heavy atom. The van der Waals surface area contributed by atoms with Crippen molar-refractivity contribution >= 4 is 11.6 Å². The smallest absolute Gasteiger partial charge is 0.129 e. The van der Waals surface area contributed by atoms with Crippen molar-refractivity contribution in [2.24, 2.45) is 0 Å². The highest BCUT2D eigenvalue weighted by Gasteiger charge is 1.99. The van der Waals surface area contributed by atoms with E-state index in [4.69, 9.17) is 11.6 Å². The van der Waals surface area contributed by atoms with Gasteiger partial charge in [0.15, 0.2) is 0 Å². The molecule has 0 radical (unpaired) electrons. The molecule has 78 valence electrons. The van der Waals surface area contributed by atoms with Crippen LogP contribution < -0.4 is 5.32 Å². The molecule has 1 rings (SSSR count). The van der Waals surface area contributed by atoms with E-state index in [1.165, 1.54) is 5.56 Å². The maximum absolute atomic E-state index is 5.70. The Kier molecular flexibility index (Phi) is 4.87. The zero-order valence-corrected chi connectivity index (χ0v) is 9.38. The van der Waals surface area contributed by atoms with Crippen molar-refractivity contribution in [3.8, 4) is 0 Å². The van der Waals surface area contributed by atoms with Crippen LogP contribution in [0.25, 0.3) is 0 Å². The van der Waals surface area contributed by atoms with Crippen molar-refractivity contribution in [3.05, 3.63) is 29.0 Å². The lowest BCUT2D eigenvalue weighted by molar-refractivity contribution is 0.328. The van der Waals surface area contributed by atoms with E-state index in [1.807, 2.05) is 25.4 Å². The van der Waals surface area contributed by atoms with E-state index in [2.05, 4.69) is 22.2 Å². The number of nitrogens with one attached hydrogen (secondary N) is 1. The normalized spacial score (nSPS) is 10.9. The fraction of sp³-hybridized carbons (Fsp3) is 0.500. The Labute approximate surface area is 90.1 Å². The second kappa shape index (κ2) is 5.96. The van der Waals surface area contributed by atoms with Crippen LogP contribution in [0.4, 0.5) is 0 Å². The summed E-state index contributed by atoms with van der Waals surface area (Å²) in [4.78, 5) is 6.27. The van der Waals surface area contributed by atoms with Crippen LogP contribution >= 0.6 is 11.6 Å². The Bertz CT molecular complexity index is 261. The lowest BCUT2D eigenvalue weighted by Crippen LogP contribution is -2.26. The number of hydrogen-bond donors (Lipinski definition) is 1. The minimum absolute atomic E-state index is 0.548. The van der Waals surface area contributed by atoms with Crippen LogP contribution in [0.15, 0.2) is 18.3 Å². The fourth-order valence-electron chi connectivity index (χ4n) is 1.19. The summed E-state index contributed by atoms with van der Waals surface area (Å²) in [6, 6.07) is 3.83. The average Bonchev–Trinajstić information content (AvgIpc) is 2.18. The molecule has 0 aliphatic heterocycles. The Morgan fingerprint density at radius 3 is 2.86 bits per heavy atom. The summed E-state index contributed by atoms with van der Waals surface area (Å²) >= 11 is 5.70. The van der Waals surface area contributed by atoms with Crippen molar-refractivity contribution in [2.45, 2.75) is 6.54 Å². The number of nitrogens with zero attached hydrogens (tertiary/aromatic N) is 2. The van der Waals surface area contributed by atoms with Crippen LogP contribution in [0, 0.1) is 0 Å². The first-order valence-corrected chi connectivity index (χ1v) is 5.03. The van der Waals surface area contributed by atoms with Crippen LogP contribution in [0.1, 0.15) is 5.56 Å². The van der Waals surface area contributed by atoms with Crippen LogP contribution in [0.2, 0.25) is 5.15 Å². The first-order valence-electron chi connectivity index (χ1n) is 4.66. The highest BCUT2D eigenvalue weighted by atomic mass is 35.5. The molecule has 0 saturated heterocycles. The van der Waals surface area contributed by atoms with Gasteiger partial charge in [-0.1, -0.05) is 17.7 Å². The summed E-state index contributed by atoms with van der Waals surface area (Å²) in [5.74, 6) is 0.